The Morgan fingerprint density at radius 1 is 1.08 bits per heavy atom. The molecule has 36 heavy (non-hydrogen) atoms. The molecular weight excluding hydrogens is 491 g/mol. The van der Waals surface area contributed by atoms with E-state index in [2.05, 4.69) is 76.3 Å². The molecule has 0 aliphatic carbocycles. The van der Waals surface area contributed by atoms with Gasteiger partial charge >= 0.3 is 0 Å². The van der Waals surface area contributed by atoms with Crippen molar-refractivity contribution in [3.8, 4) is 5.75 Å². The van der Waals surface area contributed by atoms with Gasteiger partial charge in [-0.1, -0.05) is 38.4 Å². The number of para-hydroxylation sites is 1. The largest absolute Gasteiger partial charge is 0.488 e. The summed E-state index contributed by atoms with van der Waals surface area (Å²) in [6.45, 7) is 6.40. The maximum atomic E-state index is 6.45. The van der Waals surface area contributed by atoms with Gasteiger partial charge in [-0.15, -0.1) is 0 Å². The van der Waals surface area contributed by atoms with Gasteiger partial charge in [-0.25, -0.2) is 4.98 Å². The van der Waals surface area contributed by atoms with E-state index < -0.39 is 0 Å². The quantitative estimate of drug-likeness (QED) is 0.401. The number of hydrogen-bond donors (Lipinski definition) is 2. The van der Waals surface area contributed by atoms with Crippen molar-refractivity contribution in [1.29, 1.82) is 0 Å². The predicted octanol–water partition coefficient (Wildman–Crippen LogP) is 5.40. The predicted molar refractivity (Wildman–Crippen MR) is 153 cm³/mol. The van der Waals surface area contributed by atoms with Crippen molar-refractivity contribution >= 4 is 54.3 Å². The zero-order valence-electron chi connectivity index (χ0n) is 21.3. The summed E-state index contributed by atoms with van der Waals surface area (Å²) in [7, 11) is 5.02. The van der Waals surface area contributed by atoms with Crippen molar-refractivity contribution in [2.45, 2.75) is 38.3 Å². The molecule has 0 saturated carbocycles. The van der Waals surface area contributed by atoms with E-state index in [4.69, 9.17) is 16.3 Å². The molecule has 2 aromatic carbocycles. The van der Waals surface area contributed by atoms with Crippen LogP contribution < -0.4 is 25.6 Å². The topological polar surface area (TPSA) is 65.6 Å². The van der Waals surface area contributed by atoms with Crippen molar-refractivity contribution < 1.29 is 4.74 Å². The summed E-state index contributed by atoms with van der Waals surface area (Å²) in [6.07, 6.45) is 5.01. The fourth-order valence-corrected chi connectivity index (χ4v) is 5.89. The number of fused-ring (bicyclic) bond motifs is 1. The van der Waals surface area contributed by atoms with Crippen LogP contribution in [-0.4, -0.2) is 60.9 Å². The molecular formula is C27H34ClN6OP. The third-order valence-corrected chi connectivity index (χ3v) is 8.27. The highest BCUT2D eigenvalue weighted by atomic mass is 35.5. The molecule has 190 valence electrons. The first-order valence-electron chi connectivity index (χ1n) is 12.5. The molecule has 0 radical (unpaired) electrons. The van der Waals surface area contributed by atoms with E-state index in [9.17, 15) is 0 Å². The minimum absolute atomic E-state index is 0.135. The molecule has 0 spiro atoms. The van der Waals surface area contributed by atoms with Gasteiger partial charge in [-0.2, -0.15) is 4.98 Å². The second-order valence-electron chi connectivity index (χ2n) is 9.69. The minimum atomic E-state index is 0.135. The standard InChI is InChI=1S/C27H34ClN6OP/c1-17-15-19-23(34-13-11-18(12-14-34)33(2)3)10-9-22(25(19)35-17)31-27-29-16-20(28)26(32-27)30-21-7-5-6-8-24(21)36-4/h5-10,16-18,36H,11-15H2,1-4H3,(H2,29,30,31,32). The Morgan fingerprint density at radius 3 is 2.61 bits per heavy atom. The number of hydrogen-bond acceptors (Lipinski definition) is 7. The lowest BCUT2D eigenvalue weighted by molar-refractivity contribution is 0.249. The van der Waals surface area contributed by atoms with Crippen LogP contribution in [0.15, 0.2) is 42.6 Å². The Balaban J connectivity index is 1.39. The van der Waals surface area contributed by atoms with Gasteiger partial charge in [0.2, 0.25) is 5.95 Å². The first kappa shape index (κ1) is 25.1. The highest BCUT2D eigenvalue weighted by Crippen LogP contribution is 2.43. The lowest BCUT2D eigenvalue weighted by Gasteiger charge is -2.37. The summed E-state index contributed by atoms with van der Waals surface area (Å²) in [6, 6.07) is 13.2. The third-order valence-electron chi connectivity index (χ3n) is 7.02. The summed E-state index contributed by atoms with van der Waals surface area (Å²) >= 11 is 6.45. The summed E-state index contributed by atoms with van der Waals surface area (Å²) in [5.41, 5.74) is 4.43. The van der Waals surface area contributed by atoms with Gasteiger partial charge < -0.3 is 25.2 Å². The molecule has 2 aliphatic rings. The summed E-state index contributed by atoms with van der Waals surface area (Å²) < 4.78 is 6.29. The van der Waals surface area contributed by atoms with Crippen LogP contribution in [0.4, 0.5) is 28.8 Å². The van der Waals surface area contributed by atoms with E-state index in [1.807, 2.05) is 18.2 Å². The molecule has 2 atom stereocenters. The Morgan fingerprint density at radius 2 is 1.86 bits per heavy atom. The zero-order valence-corrected chi connectivity index (χ0v) is 23.1. The molecule has 1 aromatic heterocycles. The Bertz CT molecular complexity index is 1230. The maximum Gasteiger partial charge on any atom is 0.229 e. The number of ether oxygens (including phenoxy) is 1. The van der Waals surface area contributed by atoms with E-state index in [0.717, 1.165) is 36.6 Å². The normalized spacial score (nSPS) is 18.1. The average Bonchev–Trinajstić information content (AvgIpc) is 3.28. The van der Waals surface area contributed by atoms with Gasteiger partial charge in [0.25, 0.3) is 0 Å². The summed E-state index contributed by atoms with van der Waals surface area (Å²) in [5.74, 6) is 1.95. The van der Waals surface area contributed by atoms with Crippen LogP contribution in [0.25, 0.3) is 0 Å². The first-order chi connectivity index (χ1) is 17.4. The van der Waals surface area contributed by atoms with E-state index in [1.54, 1.807) is 6.20 Å². The summed E-state index contributed by atoms with van der Waals surface area (Å²) in [5, 5.41) is 8.48. The van der Waals surface area contributed by atoms with Crippen LogP contribution in [0.5, 0.6) is 5.75 Å². The molecule has 2 N–H and O–H groups in total. The van der Waals surface area contributed by atoms with Gasteiger partial charge in [-0.3, -0.25) is 0 Å². The third kappa shape index (κ3) is 5.24. The van der Waals surface area contributed by atoms with Gasteiger partial charge in [-0.05, 0) is 64.0 Å². The zero-order chi connectivity index (χ0) is 25.2. The molecule has 2 aliphatic heterocycles. The molecule has 5 rings (SSSR count). The lowest BCUT2D eigenvalue weighted by Crippen LogP contribution is -2.42. The van der Waals surface area contributed by atoms with Crippen LogP contribution in [0.2, 0.25) is 5.02 Å². The number of anilines is 5. The maximum absolute atomic E-state index is 6.45. The Kier molecular flexibility index (Phi) is 7.52. The molecule has 0 bridgehead atoms. The smallest absolute Gasteiger partial charge is 0.229 e. The van der Waals surface area contributed by atoms with E-state index in [0.29, 0.717) is 31.4 Å². The van der Waals surface area contributed by atoms with Crippen molar-refractivity contribution in [1.82, 2.24) is 14.9 Å². The molecule has 3 heterocycles. The van der Waals surface area contributed by atoms with Crippen LogP contribution in [0.1, 0.15) is 25.3 Å². The van der Waals surface area contributed by atoms with Crippen molar-refractivity contribution in [3.63, 3.8) is 0 Å². The molecule has 1 fully saturated rings. The second kappa shape index (κ2) is 10.8. The Hall–Kier alpha value is -2.60. The van der Waals surface area contributed by atoms with Crippen LogP contribution >= 0.6 is 20.2 Å². The highest BCUT2D eigenvalue weighted by Gasteiger charge is 2.30. The van der Waals surface area contributed by atoms with Crippen molar-refractivity contribution in [3.05, 3.63) is 53.2 Å². The monoisotopic (exact) mass is 524 g/mol. The van der Waals surface area contributed by atoms with Crippen LogP contribution in [0.3, 0.4) is 0 Å². The SMILES string of the molecule is CPc1ccccc1Nc1nc(Nc2ccc(N3CCC(N(C)C)CC3)c3c2OC(C)C3)ncc1Cl. The average molecular weight is 525 g/mol. The first-order valence-corrected chi connectivity index (χ1v) is 14.4. The van der Waals surface area contributed by atoms with Crippen LogP contribution in [0, 0.1) is 0 Å². The number of aromatic nitrogens is 2. The van der Waals surface area contributed by atoms with Gasteiger partial charge in [0, 0.05) is 42.5 Å². The number of halogens is 1. The highest BCUT2D eigenvalue weighted by molar-refractivity contribution is 7.46. The fraction of sp³-hybridized carbons (Fsp3) is 0.407. The molecule has 0 amide bonds. The van der Waals surface area contributed by atoms with Gasteiger partial charge in [0.05, 0.1) is 11.9 Å². The molecule has 1 saturated heterocycles. The number of benzene rings is 2. The van der Waals surface area contributed by atoms with Gasteiger partial charge in [0.15, 0.2) is 5.82 Å². The summed E-state index contributed by atoms with van der Waals surface area (Å²) in [4.78, 5) is 14.0. The van der Waals surface area contributed by atoms with Crippen molar-refractivity contribution in [2.75, 3.05) is 49.4 Å². The fourth-order valence-electron chi connectivity index (χ4n) is 5.07. The Labute approximate surface area is 220 Å². The van der Waals surface area contributed by atoms with E-state index >= 15 is 0 Å². The molecule has 3 aromatic rings. The number of nitrogens with zero attached hydrogens (tertiary/aromatic N) is 4. The molecule has 7 nitrogen and oxygen atoms in total. The van der Waals surface area contributed by atoms with E-state index in [1.165, 1.54) is 29.4 Å². The lowest BCUT2D eigenvalue weighted by atomic mass is 10.0. The molecule has 2 unspecified atom stereocenters. The van der Waals surface area contributed by atoms with Crippen molar-refractivity contribution in [2.24, 2.45) is 0 Å². The number of rotatable bonds is 7. The van der Waals surface area contributed by atoms with E-state index in [-0.39, 0.29) is 6.10 Å². The van der Waals surface area contributed by atoms with Crippen LogP contribution in [-0.2, 0) is 6.42 Å². The minimum Gasteiger partial charge on any atom is -0.488 e. The molecule has 9 heteroatoms. The number of nitrogens with one attached hydrogen (secondary N) is 2. The second-order valence-corrected chi connectivity index (χ2v) is 11.1. The number of piperidine rings is 1. The van der Waals surface area contributed by atoms with Gasteiger partial charge in [0.1, 0.15) is 16.9 Å².